The largest absolute Gasteiger partial charge is 0.297 e. The third-order valence-corrected chi connectivity index (χ3v) is 0.557. The molecule has 0 aromatic carbocycles. The minimum absolute atomic E-state index is 1.28. The van der Waals surface area contributed by atoms with Crippen molar-refractivity contribution < 1.29 is 0 Å². The smallest absolute Gasteiger partial charge is 0.0277 e. The van der Waals surface area contributed by atoms with Crippen molar-refractivity contribution in [1.82, 2.24) is 0 Å². The van der Waals surface area contributed by atoms with Crippen LogP contribution in [-0.4, -0.2) is 13.3 Å². The molecule has 0 heterocycles. The molecule has 1 heteroatoms. The maximum Gasteiger partial charge on any atom is 0.0277 e. The summed E-state index contributed by atoms with van der Waals surface area (Å²) in [4.78, 5) is 3.77. The summed E-state index contributed by atoms with van der Waals surface area (Å²) in [6.07, 6.45) is 3.76. The molecule has 0 N–H and O–H groups in total. The molecular formula is C6H11N. The van der Waals surface area contributed by atoms with Crippen LogP contribution >= 0.6 is 0 Å². The van der Waals surface area contributed by atoms with Gasteiger partial charge in [-0.3, -0.25) is 4.99 Å². The third-order valence-electron chi connectivity index (χ3n) is 0.557. The van der Waals surface area contributed by atoms with Gasteiger partial charge in [-0.15, -0.1) is 0 Å². The predicted octanol–water partition coefficient (Wildman–Crippen LogP) is 1.65. The van der Waals surface area contributed by atoms with Crippen LogP contribution in [0.4, 0.5) is 0 Å². The number of hydrogen-bond acceptors (Lipinski definition) is 1. The van der Waals surface area contributed by atoms with E-state index in [-0.39, 0.29) is 0 Å². The predicted molar refractivity (Wildman–Crippen MR) is 33.8 cm³/mol. The SMILES string of the molecule is C/N=C\C=C(C)C. The van der Waals surface area contributed by atoms with Crippen LogP contribution in [0.25, 0.3) is 0 Å². The normalized spacial score (nSPS) is 9.57. The fraction of sp³-hybridized carbons (Fsp3) is 0.500. The molecule has 0 saturated carbocycles. The van der Waals surface area contributed by atoms with Crippen molar-refractivity contribution in [2.45, 2.75) is 13.8 Å². The summed E-state index contributed by atoms with van der Waals surface area (Å²) < 4.78 is 0. The van der Waals surface area contributed by atoms with E-state index in [0.717, 1.165) is 0 Å². The first-order valence-corrected chi connectivity index (χ1v) is 2.33. The lowest BCUT2D eigenvalue weighted by atomic mass is 10.3. The molecule has 1 nitrogen and oxygen atoms in total. The van der Waals surface area contributed by atoms with E-state index in [0.29, 0.717) is 0 Å². The maximum atomic E-state index is 3.77. The van der Waals surface area contributed by atoms with Crippen LogP contribution < -0.4 is 0 Å². The van der Waals surface area contributed by atoms with Crippen molar-refractivity contribution in [1.29, 1.82) is 0 Å². The Morgan fingerprint density at radius 3 is 2.14 bits per heavy atom. The quantitative estimate of drug-likeness (QED) is 0.441. The highest BCUT2D eigenvalue weighted by Crippen LogP contribution is 1.82. The fourth-order valence-corrected chi connectivity index (χ4v) is 0.224. The van der Waals surface area contributed by atoms with Crippen LogP contribution in [0.2, 0.25) is 0 Å². The molecule has 0 rings (SSSR count). The van der Waals surface area contributed by atoms with E-state index in [2.05, 4.69) is 4.99 Å². The first-order chi connectivity index (χ1) is 3.27. The van der Waals surface area contributed by atoms with Gasteiger partial charge < -0.3 is 0 Å². The van der Waals surface area contributed by atoms with Gasteiger partial charge in [0.1, 0.15) is 0 Å². The Balaban J connectivity index is 3.46. The van der Waals surface area contributed by atoms with Gasteiger partial charge in [0.25, 0.3) is 0 Å². The molecule has 0 bridgehead atoms. The maximum absolute atomic E-state index is 3.77. The van der Waals surface area contributed by atoms with Crippen LogP contribution in [0.3, 0.4) is 0 Å². The van der Waals surface area contributed by atoms with Crippen LogP contribution in [0, 0.1) is 0 Å². The van der Waals surface area contributed by atoms with E-state index < -0.39 is 0 Å². The zero-order valence-corrected chi connectivity index (χ0v) is 5.10. The van der Waals surface area contributed by atoms with Gasteiger partial charge in [-0.1, -0.05) is 5.57 Å². The number of hydrogen-bond donors (Lipinski definition) is 0. The zero-order valence-electron chi connectivity index (χ0n) is 5.10. The Bertz CT molecular complexity index is 86.4. The van der Waals surface area contributed by atoms with Gasteiger partial charge in [0.05, 0.1) is 0 Å². The van der Waals surface area contributed by atoms with Gasteiger partial charge in [-0.2, -0.15) is 0 Å². The molecule has 0 radical (unpaired) electrons. The minimum Gasteiger partial charge on any atom is -0.297 e. The highest BCUT2D eigenvalue weighted by Gasteiger charge is 1.66. The minimum atomic E-state index is 1.28. The number of aliphatic imine (C=N–C) groups is 1. The Hall–Kier alpha value is -0.590. The highest BCUT2D eigenvalue weighted by molar-refractivity contribution is 5.71. The van der Waals surface area contributed by atoms with E-state index in [1.807, 2.05) is 19.9 Å². The lowest BCUT2D eigenvalue weighted by Gasteiger charge is -1.77. The van der Waals surface area contributed by atoms with Gasteiger partial charge in [0, 0.05) is 13.3 Å². The number of nitrogens with zero attached hydrogens (tertiary/aromatic N) is 1. The lowest BCUT2D eigenvalue weighted by Crippen LogP contribution is -1.65. The van der Waals surface area contributed by atoms with Gasteiger partial charge >= 0.3 is 0 Å². The van der Waals surface area contributed by atoms with E-state index in [9.17, 15) is 0 Å². The molecule has 0 aromatic rings. The van der Waals surface area contributed by atoms with Crippen LogP contribution in [0.15, 0.2) is 16.6 Å². The average molecular weight is 97.2 g/mol. The summed E-state index contributed by atoms with van der Waals surface area (Å²) in [5.74, 6) is 0. The standard InChI is InChI=1S/C6H11N/c1-6(2)4-5-7-3/h4-5H,1-3H3/b7-5-. The van der Waals surface area contributed by atoms with E-state index in [4.69, 9.17) is 0 Å². The summed E-state index contributed by atoms with van der Waals surface area (Å²) in [5.41, 5.74) is 1.28. The van der Waals surface area contributed by atoms with Crippen molar-refractivity contribution in [3.63, 3.8) is 0 Å². The highest BCUT2D eigenvalue weighted by atomic mass is 14.6. The molecule has 0 atom stereocenters. The zero-order chi connectivity index (χ0) is 5.70. The number of rotatable bonds is 1. The lowest BCUT2D eigenvalue weighted by molar-refractivity contribution is 1.40. The van der Waals surface area contributed by atoms with Gasteiger partial charge in [-0.25, -0.2) is 0 Å². The fourth-order valence-electron chi connectivity index (χ4n) is 0.224. The van der Waals surface area contributed by atoms with E-state index in [1.54, 1.807) is 13.3 Å². The topological polar surface area (TPSA) is 12.4 Å². The molecule has 0 unspecified atom stereocenters. The van der Waals surface area contributed by atoms with Crippen LogP contribution in [0.1, 0.15) is 13.8 Å². The molecular weight excluding hydrogens is 86.1 g/mol. The Morgan fingerprint density at radius 2 is 2.00 bits per heavy atom. The molecule has 0 aliphatic heterocycles. The first-order valence-electron chi connectivity index (χ1n) is 2.33. The Labute approximate surface area is 44.8 Å². The summed E-state index contributed by atoms with van der Waals surface area (Å²) in [5, 5.41) is 0. The summed E-state index contributed by atoms with van der Waals surface area (Å²) in [6.45, 7) is 4.09. The van der Waals surface area contributed by atoms with E-state index in [1.165, 1.54) is 5.57 Å². The van der Waals surface area contributed by atoms with Crippen molar-refractivity contribution in [3.05, 3.63) is 11.6 Å². The summed E-state index contributed by atoms with van der Waals surface area (Å²) >= 11 is 0. The van der Waals surface area contributed by atoms with Crippen molar-refractivity contribution in [2.24, 2.45) is 4.99 Å². The molecule has 40 valence electrons. The van der Waals surface area contributed by atoms with Gasteiger partial charge in [0.2, 0.25) is 0 Å². The Morgan fingerprint density at radius 1 is 1.43 bits per heavy atom. The van der Waals surface area contributed by atoms with Gasteiger partial charge in [0.15, 0.2) is 0 Å². The molecule has 0 amide bonds. The van der Waals surface area contributed by atoms with Crippen molar-refractivity contribution in [3.8, 4) is 0 Å². The molecule has 0 saturated heterocycles. The summed E-state index contributed by atoms with van der Waals surface area (Å²) in [6, 6.07) is 0. The Kier molecular flexibility index (Phi) is 3.29. The molecule has 7 heavy (non-hydrogen) atoms. The monoisotopic (exact) mass is 97.1 g/mol. The molecule has 0 aliphatic carbocycles. The van der Waals surface area contributed by atoms with Crippen LogP contribution in [-0.2, 0) is 0 Å². The van der Waals surface area contributed by atoms with Crippen molar-refractivity contribution >= 4 is 6.21 Å². The molecule has 0 fully saturated rings. The second kappa shape index (κ2) is 3.59. The van der Waals surface area contributed by atoms with Gasteiger partial charge in [-0.05, 0) is 19.9 Å². The second-order valence-corrected chi connectivity index (χ2v) is 1.65. The number of allylic oxidation sites excluding steroid dienone is 2. The average Bonchev–Trinajstić information content (AvgIpc) is 1.61. The third kappa shape index (κ3) is 5.41. The van der Waals surface area contributed by atoms with Crippen LogP contribution in [0.5, 0.6) is 0 Å². The first kappa shape index (κ1) is 6.41. The van der Waals surface area contributed by atoms with E-state index >= 15 is 0 Å². The molecule has 0 aliphatic rings. The molecule has 0 aromatic heterocycles. The summed E-state index contributed by atoms with van der Waals surface area (Å²) in [7, 11) is 1.76. The van der Waals surface area contributed by atoms with Crippen molar-refractivity contribution in [2.75, 3.05) is 7.05 Å². The molecule has 0 spiro atoms. The second-order valence-electron chi connectivity index (χ2n) is 1.65.